The van der Waals surface area contributed by atoms with Gasteiger partial charge in [0.05, 0.1) is 25.7 Å². The van der Waals surface area contributed by atoms with E-state index in [0.717, 1.165) is 4.47 Å². The van der Waals surface area contributed by atoms with E-state index in [-0.39, 0.29) is 25.1 Å². The number of anilines is 1. The van der Waals surface area contributed by atoms with Gasteiger partial charge in [-0.3, -0.25) is 14.5 Å². The van der Waals surface area contributed by atoms with E-state index in [0.29, 0.717) is 12.3 Å². The maximum Gasteiger partial charge on any atom is 0.310 e. The van der Waals surface area contributed by atoms with Gasteiger partial charge in [-0.15, -0.1) is 0 Å². The molecule has 0 spiro atoms. The van der Waals surface area contributed by atoms with Crippen molar-refractivity contribution >= 4 is 33.5 Å². The van der Waals surface area contributed by atoms with Crippen LogP contribution in [0.3, 0.4) is 0 Å². The molecule has 1 heterocycles. The highest BCUT2D eigenvalue weighted by atomic mass is 79.9. The van der Waals surface area contributed by atoms with Crippen molar-refractivity contribution < 1.29 is 19.4 Å². The molecule has 0 bridgehead atoms. The Balaban J connectivity index is 1.91. The summed E-state index contributed by atoms with van der Waals surface area (Å²) in [6.07, 6.45) is 0. The van der Waals surface area contributed by atoms with Gasteiger partial charge in [0.25, 0.3) is 0 Å². The van der Waals surface area contributed by atoms with Crippen molar-refractivity contribution in [3.8, 4) is 0 Å². The monoisotopic (exact) mass is 356 g/mol. The molecular weight excluding hydrogens is 340 g/mol. The SMILES string of the molecule is CN(CC(=O)Nc1cccc(Br)c1)C1COCC1C(=O)O. The highest BCUT2D eigenvalue weighted by molar-refractivity contribution is 9.10. The molecule has 0 radical (unpaired) electrons. The second-order valence-electron chi connectivity index (χ2n) is 5.02. The first-order valence-electron chi connectivity index (χ1n) is 6.53. The number of ether oxygens (including phenoxy) is 1. The number of carbonyl (C=O) groups excluding carboxylic acids is 1. The Morgan fingerprint density at radius 2 is 2.24 bits per heavy atom. The molecule has 1 aromatic rings. The molecule has 7 heteroatoms. The van der Waals surface area contributed by atoms with Gasteiger partial charge in [-0.25, -0.2) is 0 Å². The molecule has 1 aliphatic heterocycles. The first-order valence-corrected chi connectivity index (χ1v) is 7.33. The smallest absolute Gasteiger partial charge is 0.310 e. The number of rotatable bonds is 5. The summed E-state index contributed by atoms with van der Waals surface area (Å²) in [6.45, 7) is 0.638. The van der Waals surface area contributed by atoms with Gasteiger partial charge >= 0.3 is 5.97 Å². The van der Waals surface area contributed by atoms with Crippen LogP contribution in [0.1, 0.15) is 0 Å². The van der Waals surface area contributed by atoms with Gasteiger partial charge in [0, 0.05) is 16.2 Å². The normalized spacial score (nSPS) is 21.5. The second kappa shape index (κ2) is 7.02. The second-order valence-corrected chi connectivity index (χ2v) is 5.94. The number of nitrogens with zero attached hydrogens (tertiary/aromatic N) is 1. The number of aliphatic carboxylic acids is 1. The first-order chi connectivity index (χ1) is 9.97. The lowest BCUT2D eigenvalue weighted by Crippen LogP contribution is -2.44. The Bertz CT molecular complexity index is 537. The standard InChI is InChI=1S/C14H17BrN2O4/c1-17(12-8-21-7-11(12)14(19)20)6-13(18)16-10-4-2-3-9(15)5-10/h2-5,11-12H,6-8H2,1H3,(H,16,18)(H,19,20). The van der Waals surface area contributed by atoms with Gasteiger partial charge in [-0.2, -0.15) is 0 Å². The van der Waals surface area contributed by atoms with Crippen molar-refractivity contribution in [1.29, 1.82) is 0 Å². The predicted octanol–water partition coefficient (Wildman–Crippen LogP) is 1.42. The summed E-state index contributed by atoms with van der Waals surface area (Å²) in [7, 11) is 1.73. The Morgan fingerprint density at radius 3 is 2.90 bits per heavy atom. The quantitative estimate of drug-likeness (QED) is 0.833. The van der Waals surface area contributed by atoms with Gasteiger partial charge in [0.2, 0.25) is 5.91 Å². The van der Waals surface area contributed by atoms with Crippen LogP contribution in [0.4, 0.5) is 5.69 Å². The molecule has 1 aliphatic rings. The Labute approximate surface area is 131 Å². The topological polar surface area (TPSA) is 78.9 Å². The minimum Gasteiger partial charge on any atom is -0.481 e. The Kier molecular flexibility index (Phi) is 5.33. The van der Waals surface area contributed by atoms with Crippen LogP contribution in [0.2, 0.25) is 0 Å². The van der Waals surface area contributed by atoms with E-state index in [9.17, 15) is 9.59 Å². The molecule has 1 saturated heterocycles. The molecule has 6 nitrogen and oxygen atoms in total. The predicted molar refractivity (Wildman–Crippen MR) is 81.1 cm³/mol. The summed E-state index contributed by atoms with van der Waals surface area (Å²) in [6, 6.07) is 7.01. The summed E-state index contributed by atoms with van der Waals surface area (Å²) >= 11 is 3.34. The highest BCUT2D eigenvalue weighted by Gasteiger charge is 2.37. The van der Waals surface area contributed by atoms with Crippen LogP contribution in [-0.2, 0) is 14.3 Å². The molecule has 0 aliphatic carbocycles. The van der Waals surface area contributed by atoms with Crippen molar-refractivity contribution in [2.75, 3.05) is 32.1 Å². The third-order valence-electron chi connectivity index (χ3n) is 3.44. The van der Waals surface area contributed by atoms with Crippen LogP contribution in [-0.4, -0.2) is 54.7 Å². The lowest BCUT2D eigenvalue weighted by atomic mass is 10.0. The summed E-state index contributed by atoms with van der Waals surface area (Å²) in [5.41, 5.74) is 0.695. The van der Waals surface area contributed by atoms with E-state index < -0.39 is 11.9 Å². The highest BCUT2D eigenvalue weighted by Crippen LogP contribution is 2.19. The average Bonchev–Trinajstić information content (AvgIpc) is 2.87. The average molecular weight is 357 g/mol. The van der Waals surface area contributed by atoms with Crippen molar-refractivity contribution in [3.05, 3.63) is 28.7 Å². The zero-order chi connectivity index (χ0) is 15.4. The third-order valence-corrected chi connectivity index (χ3v) is 3.93. The number of benzene rings is 1. The summed E-state index contributed by atoms with van der Waals surface area (Å²) in [4.78, 5) is 24.9. The number of likely N-dealkylation sites (N-methyl/N-ethyl adjacent to an activating group) is 1. The van der Waals surface area contributed by atoms with Gasteiger partial charge in [-0.05, 0) is 25.2 Å². The third kappa shape index (κ3) is 4.26. The molecule has 1 aromatic carbocycles. The molecule has 0 aromatic heterocycles. The van der Waals surface area contributed by atoms with Crippen molar-refractivity contribution in [2.24, 2.45) is 5.92 Å². The number of carboxylic acids is 1. The summed E-state index contributed by atoms with van der Waals surface area (Å²) in [5, 5.41) is 11.9. The molecule has 2 rings (SSSR count). The van der Waals surface area contributed by atoms with Gasteiger partial charge < -0.3 is 15.2 Å². The largest absolute Gasteiger partial charge is 0.481 e. The minimum absolute atomic E-state index is 0.115. The molecule has 2 unspecified atom stereocenters. The van der Waals surface area contributed by atoms with E-state index >= 15 is 0 Å². The van der Waals surface area contributed by atoms with Crippen LogP contribution < -0.4 is 5.32 Å². The Hall–Kier alpha value is -1.44. The Morgan fingerprint density at radius 1 is 1.48 bits per heavy atom. The molecule has 2 N–H and O–H groups in total. The van der Waals surface area contributed by atoms with Gasteiger partial charge in [0.1, 0.15) is 0 Å². The fraction of sp³-hybridized carbons (Fsp3) is 0.429. The molecule has 21 heavy (non-hydrogen) atoms. The maximum absolute atomic E-state index is 12.0. The fourth-order valence-corrected chi connectivity index (χ4v) is 2.72. The maximum atomic E-state index is 12.0. The van der Waals surface area contributed by atoms with Crippen LogP contribution in [0.15, 0.2) is 28.7 Å². The fourth-order valence-electron chi connectivity index (χ4n) is 2.32. The van der Waals surface area contributed by atoms with Crippen LogP contribution >= 0.6 is 15.9 Å². The van der Waals surface area contributed by atoms with Crippen molar-refractivity contribution in [3.63, 3.8) is 0 Å². The molecule has 1 fully saturated rings. The van der Waals surface area contributed by atoms with Crippen molar-refractivity contribution in [2.45, 2.75) is 6.04 Å². The lowest BCUT2D eigenvalue weighted by Gasteiger charge is -2.25. The number of carbonyl (C=O) groups is 2. The number of nitrogens with one attached hydrogen (secondary N) is 1. The minimum atomic E-state index is -0.892. The number of carboxylic acid groups (broad SMARTS) is 1. The first kappa shape index (κ1) is 15.9. The number of hydrogen-bond acceptors (Lipinski definition) is 4. The lowest BCUT2D eigenvalue weighted by molar-refractivity contribution is -0.143. The van der Waals surface area contributed by atoms with Crippen molar-refractivity contribution in [1.82, 2.24) is 4.90 Å². The van der Waals surface area contributed by atoms with E-state index in [1.807, 2.05) is 12.1 Å². The number of halogens is 1. The summed E-state index contributed by atoms with van der Waals surface area (Å²) < 4.78 is 6.09. The van der Waals surface area contributed by atoms with Crippen LogP contribution in [0.25, 0.3) is 0 Å². The molecule has 1 amide bonds. The number of hydrogen-bond donors (Lipinski definition) is 2. The zero-order valence-electron chi connectivity index (χ0n) is 11.6. The molecule has 0 saturated carbocycles. The van der Waals surface area contributed by atoms with E-state index in [4.69, 9.17) is 9.84 Å². The number of amides is 1. The van der Waals surface area contributed by atoms with Crippen LogP contribution in [0.5, 0.6) is 0 Å². The molecular formula is C14H17BrN2O4. The van der Waals surface area contributed by atoms with E-state index in [2.05, 4.69) is 21.2 Å². The molecule has 114 valence electrons. The zero-order valence-corrected chi connectivity index (χ0v) is 13.2. The molecule has 2 atom stereocenters. The van der Waals surface area contributed by atoms with Crippen LogP contribution in [0, 0.1) is 5.92 Å². The van der Waals surface area contributed by atoms with E-state index in [1.54, 1.807) is 24.1 Å². The van der Waals surface area contributed by atoms with Gasteiger partial charge in [0.15, 0.2) is 0 Å². The summed E-state index contributed by atoms with van der Waals surface area (Å²) in [5.74, 6) is -1.67. The van der Waals surface area contributed by atoms with Gasteiger partial charge in [-0.1, -0.05) is 22.0 Å². The van der Waals surface area contributed by atoms with E-state index in [1.165, 1.54) is 0 Å².